The zero-order valence-corrected chi connectivity index (χ0v) is 9.35. The first-order valence-electron chi connectivity index (χ1n) is 4.03. The third kappa shape index (κ3) is 2.41. The molecule has 0 saturated heterocycles. The third-order valence-corrected chi connectivity index (χ3v) is 2.38. The Morgan fingerprint density at radius 2 is 2.27 bits per heavy atom. The maximum atomic E-state index is 10.9. The SMILES string of the molecule is CC(=O)O[C@@H](CBr)[C@H]1OC(=O)C(O)=C1O. The summed E-state index contributed by atoms with van der Waals surface area (Å²) in [4.78, 5) is 21.6. The number of rotatable bonds is 3. The zero-order valence-electron chi connectivity index (χ0n) is 7.77. The van der Waals surface area contributed by atoms with Gasteiger partial charge in [-0.25, -0.2) is 4.79 Å². The van der Waals surface area contributed by atoms with E-state index >= 15 is 0 Å². The Hall–Kier alpha value is -1.24. The number of esters is 2. The van der Waals surface area contributed by atoms with Crippen LogP contribution >= 0.6 is 15.9 Å². The van der Waals surface area contributed by atoms with Crippen molar-refractivity contribution in [2.45, 2.75) is 19.1 Å². The number of hydrogen-bond donors (Lipinski definition) is 2. The maximum absolute atomic E-state index is 10.9. The molecule has 0 amide bonds. The average Bonchev–Trinajstić information content (AvgIpc) is 2.42. The smallest absolute Gasteiger partial charge is 0.378 e. The first kappa shape index (κ1) is 11.8. The monoisotopic (exact) mass is 280 g/mol. The quantitative estimate of drug-likeness (QED) is 0.580. The van der Waals surface area contributed by atoms with Crippen LogP contribution in [0, 0.1) is 0 Å². The third-order valence-electron chi connectivity index (χ3n) is 1.75. The molecular weight excluding hydrogens is 272 g/mol. The summed E-state index contributed by atoms with van der Waals surface area (Å²) in [6.07, 6.45) is -2.02. The van der Waals surface area contributed by atoms with Crippen molar-refractivity contribution in [2.24, 2.45) is 0 Å². The summed E-state index contributed by atoms with van der Waals surface area (Å²) in [6.45, 7) is 1.19. The van der Waals surface area contributed by atoms with Crippen molar-refractivity contribution in [1.29, 1.82) is 0 Å². The Bertz CT molecular complexity index is 323. The molecule has 0 aromatic carbocycles. The highest BCUT2D eigenvalue weighted by molar-refractivity contribution is 9.09. The summed E-state index contributed by atoms with van der Waals surface area (Å²) in [5.41, 5.74) is 0. The number of ether oxygens (including phenoxy) is 2. The zero-order chi connectivity index (χ0) is 11.6. The van der Waals surface area contributed by atoms with E-state index < -0.39 is 35.7 Å². The summed E-state index contributed by atoms with van der Waals surface area (Å²) in [6, 6.07) is 0. The van der Waals surface area contributed by atoms with E-state index in [0.29, 0.717) is 0 Å². The van der Waals surface area contributed by atoms with Crippen LogP contribution in [0.3, 0.4) is 0 Å². The van der Waals surface area contributed by atoms with Crippen LogP contribution in [0.4, 0.5) is 0 Å². The second kappa shape index (κ2) is 4.52. The van der Waals surface area contributed by atoms with Crippen molar-refractivity contribution in [3.63, 3.8) is 0 Å². The molecule has 1 aliphatic rings. The number of cyclic esters (lactones) is 1. The van der Waals surface area contributed by atoms with Gasteiger partial charge in [0.2, 0.25) is 11.9 Å². The molecule has 0 bridgehead atoms. The van der Waals surface area contributed by atoms with Crippen molar-refractivity contribution in [3.8, 4) is 0 Å². The minimum absolute atomic E-state index is 0.169. The van der Waals surface area contributed by atoms with Crippen LogP contribution in [0.5, 0.6) is 0 Å². The Balaban J connectivity index is 2.80. The summed E-state index contributed by atoms with van der Waals surface area (Å²) in [7, 11) is 0. The highest BCUT2D eigenvalue weighted by Gasteiger charge is 2.41. The van der Waals surface area contributed by atoms with Gasteiger partial charge in [-0.1, -0.05) is 15.9 Å². The molecule has 1 aliphatic heterocycles. The Morgan fingerprint density at radius 1 is 1.67 bits per heavy atom. The van der Waals surface area contributed by atoms with E-state index in [9.17, 15) is 14.7 Å². The van der Waals surface area contributed by atoms with Crippen molar-refractivity contribution in [2.75, 3.05) is 5.33 Å². The van der Waals surface area contributed by atoms with E-state index in [4.69, 9.17) is 9.84 Å². The molecule has 15 heavy (non-hydrogen) atoms. The molecule has 1 heterocycles. The van der Waals surface area contributed by atoms with Gasteiger partial charge in [-0.05, 0) is 0 Å². The average molecular weight is 281 g/mol. The molecule has 0 radical (unpaired) electrons. The van der Waals surface area contributed by atoms with Crippen LogP contribution in [0.25, 0.3) is 0 Å². The van der Waals surface area contributed by atoms with Crippen LogP contribution in [0.1, 0.15) is 6.92 Å². The molecule has 0 fully saturated rings. The van der Waals surface area contributed by atoms with Crippen LogP contribution < -0.4 is 0 Å². The number of carbonyl (C=O) groups is 2. The van der Waals surface area contributed by atoms with Crippen LogP contribution in [-0.4, -0.2) is 39.7 Å². The number of halogens is 1. The fraction of sp³-hybridized carbons (Fsp3) is 0.500. The second-order valence-corrected chi connectivity index (χ2v) is 3.51. The molecule has 1 rings (SSSR count). The molecule has 2 atom stereocenters. The molecule has 6 nitrogen and oxygen atoms in total. The van der Waals surface area contributed by atoms with Gasteiger partial charge in [0.25, 0.3) is 0 Å². The number of carbonyl (C=O) groups excluding carboxylic acids is 2. The van der Waals surface area contributed by atoms with Crippen molar-refractivity contribution >= 4 is 27.9 Å². The summed E-state index contributed by atoms with van der Waals surface area (Å²) < 4.78 is 9.40. The highest BCUT2D eigenvalue weighted by atomic mass is 79.9. The van der Waals surface area contributed by atoms with Crippen molar-refractivity contribution in [3.05, 3.63) is 11.5 Å². The predicted octanol–water partition coefficient (Wildman–Crippen LogP) is 0.566. The summed E-state index contributed by atoms with van der Waals surface area (Å²) in [5, 5.41) is 18.5. The number of hydrogen-bond acceptors (Lipinski definition) is 6. The molecule has 2 N–H and O–H groups in total. The van der Waals surface area contributed by atoms with Gasteiger partial charge in [0.1, 0.15) is 0 Å². The van der Waals surface area contributed by atoms with Gasteiger partial charge in [-0.2, -0.15) is 0 Å². The molecule has 0 saturated carbocycles. The number of aliphatic hydroxyl groups excluding tert-OH is 2. The van der Waals surface area contributed by atoms with E-state index in [2.05, 4.69) is 20.7 Å². The summed E-state index contributed by atoms with van der Waals surface area (Å²) in [5.74, 6) is -3.07. The minimum atomic E-state index is -1.15. The van der Waals surface area contributed by atoms with E-state index in [0.717, 1.165) is 0 Å². The fourth-order valence-corrected chi connectivity index (χ4v) is 1.58. The standard InChI is InChI=1S/C8H9BrO6/c1-3(10)14-4(2-9)7-5(11)6(12)8(13)15-7/h4,7,11-12H,2H2,1H3/t4-,7+/m0/s1. The van der Waals surface area contributed by atoms with Crippen molar-refractivity contribution in [1.82, 2.24) is 0 Å². The van der Waals surface area contributed by atoms with E-state index in [1.165, 1.54) is 6.92 Å². The minimum Gasteiger partial charge on any atom is -0.505 e. The normalized spacial score (nSPS) is 22.5. The van der Waals surface area contributed by atoms with Crippen LogP contribution in [-0.2, 0) is 19.1 Å². The second-order valence-electron chi connectivity index (χ2n) is 2.86. The Kier molecular flexibility index (Phi) is 3.57. The van der Waals surface area contributed by atoms with E-state index in [1.807, 2.05) is 0 Å². The highest BCUT2D eigenvalue weighted by Crippen LogP contribution is 2.24. The largest absolute Gasteiger partial charge is 0.505 e. The first-order chi connectivity index (χ1) is 6.97. The lowest BCUT2D eigenvalue weighted by Gasteiger charge is -2.19. The lowest BCUT2D eigenvalue weighted by molar-refractivity contribution is -0.158. The van der Waals surface area contributed by atoms with Crippen LogP contribution in [0.2, 0.25) is 0 Å². The van der Waals surface area contributed by atoms with E-state index in [-0.39, 0.29) is 5.33 Å². The first-order valence-corrected chi connectivity index (χ1v) is 5.15. The summed E-state index contributed by atoms with van der Waals surface area (Å²) >= 11 is 3.04. The van der Waals surface area contributed by atoms with Gasteiger partial charge >= 0.3 is 11.9 Å². The van der Waals surface area contributed by atoms with Gasteiger partial charge in [0.15, 0.2) is 11.9 Å². The van der Waals surface area contributed by atoms with Crippen molar-refractivity contribution < 1.29 is 29.3 Å². The molecule has 0 aromatic heterocycles. The van der Waals surface area contributed by atoms with Gasteiger partial charge in [0.05, 0.1) is 0 Å². The molecular formula is C8H9BrO6. The lowest BCUT2D eigenvalue weighted by Crippen LogP contribution is -2.34. The molecule has 0 aromatic rings. The van der Waals surface area contributed by atoms with Crippen LogP contribution in [0.15, 0.2) is 11.5 Å². The van der Waals surface area contributed by atoms with Gasteiger partial charge in [0, 0.05) is 12.3 Å². The molecule has 7 heteroatoms. The molecule has 84 valence electrons. The molecule has 0 aliphatic carbocycles. The van der Waals surface area contributed by atoms with Gasteiger partial charge in [-0.3, -0.25) is 4.79 Å². The Labute approximate surface area is 93.6 Å². The van der Waals surface area contributed by atoms with Gasteiger partial charge in [-0.15, -0.1) is 0 Å². The maximum Gasteiger partial charge on any atom is 0.378 e. The van der Waals surface area contributed by atoms with E-state index in [1.54, 1.807) is 0 Å². The lowest BCUT2D eigenvalue weighted by atomic mass is 10.2. The predicted molar refractivity (Wildman–Crippen MR) is 51.5 cm³/mol. The molecule has 0 unspecified atom stereocenters. The Morgan fingerprint density at radius 3 is 2.60 bits per heavy atom. The number of alkyl halides is 1. The number of aliphatic hydroxyl groups is 2. The molecule has 0 spiro atoms. The topological polar surface area (TPSA) is 93.1 Å². The fourth-order valence-electron chi connectivity index (χ4n) is 1.11. The van der Waals surface area contributed by atoms with Gasteiger partial charge < -0.3 is 19.7 Å².